The standard InChI is InChI=1S/C54H104O6/c1-6-7-8-9-10-11-17-26-31-36-41-46-54(57)60-51(48-59-53(56)45-40-35-30-25-21-16-15-19-23-28-33-38-43-50(4)5)47-58-52(55)44-39-34-29-24-20-14-12-13-18-22-27-32-37-42-49(2)3/h49-51H,6-48H2,1-5H3/t51-/m0/s1. The van der Waals surface area contributed by atoms with Crippen molar-refractivity contribution in [2.24, 2.45) is 11.8 Å². The van der Waals surface area contributed by atoms with E-state index in [1.165, 1.54) is 186 Å². The third-order valence-electron chi connectivity index (χ3n) is 12.2. The molecule has 0 aliphatic rings. The maximum atomic E-state index is 12.8. The molecule has 0 heterocycles. The Bertz CT molecular complexity index is 916. The average Bonchev–Trinajstić information content (AvgIpc) is 3.22. The number of rotatable bonds is 48. The van der Waals surface area contributed by atoms with E-state index in [1.807, 2.05) is 0 Å². The molecule has 356 valence electrons. The molecule has 6 heteroatoms. The number of esters is 3. The lowest BCUT2D eigenvalue weighted by atomic mass is 10.0. The highest BCUT2D eigenvalue weighted by Gasteiger charge is 2.19. The maximum Gasteiger partial charge on any atom is 0.306 e. The second kappa shape index (κ2) is 46.9. The predicted molar refractivity (Wildman–Crippen MR) is 256 cm³/mol. The summed E-state index contributed by atoms with van der Waals surface area (Å²) in [6.45, 7) is 11.4. The first-order valence-electron chi connectivity index (χ1n) is 26.7. The molecule has 0 aromatic heterocycles. The highest BCUT2D eigenvalue weighted by molar-refractivity contribution is 5.71. The van der Waals surface area contributed by atoms with Crippen LogP contribution >= 0.6 is 0 Å². The van der Waals surface area contributed by atoms with E-state index in [9.17, 15) is 14.4 Å². The molecule has 0 saturated carbocycles. The minimum absolute atomic E-state index is 0.0633. The molecule has 6 nitrogen and oxygen atoms in total. The van der Waals surface area contributed by atoms with Crippen molar-refractivity contribution in [3.63, 3.8) is 0 Å². The largest absolute Gasteiger partial charge is 0.462 e. The summed E-state index contributed by atoms with van der Waals surface area (Å²) in [7, 11) is 0. The van der Waals surface area contributed by atoms with Crippen molar-refractivity contribution in [1.82, 2.24) is 0 Å². The van der Waals surface area contributed by atoms with Gasteiger partial charge in [0.05, 0.1) is 0 Å². The van der Waals surface area contributed by atoms with Crippen LogP contribution in [0, 0.1) is 11.8 Å². The van der Waals surface area contributed by atoms with Gasteiger partial charge in [-0.15, -0.1) is 0 Å². The number of carbonyl (C=O) groups is 3. The molecule has 0 unspecified atom stereocenters. The van der Waals surface area contributed by atoms with Gasteiger partial charge in [0.1, 0.15) is 13.2 Å². The van der Waals surface area contributed by atoms with E-state index in [1.54, 1.807) is 0 Å². The van der Waals surface area contributed by atoms with E-state index >= 15 is 0 Å². The first-order chi connectivity index (χ1) is 29.2. The van der Waals surface area contributed by atoms with Crippen molar-refractivity contribution in [2.45, 2.75) is 304 Å². The molecule has 0 saturated heterocycles. The second-order valence-electron chi connectivity index (χ2n) is 19.5. The SMILES string of the molecule is CCCCCCCCCCCCCC(=O)O[C@@H](COC(=O)CCCCCCCCCCCCCCCC(C)C)COC(=O)CCCCCCCCCCCCCCC(C)C. The van der Waals surface area contributed by atoms with Crippen molar-refractivity contribution < 1.29 is 28.6 Å². The fraction of sp³-hybridized carbons (Fsp3) is 0.944. The first kappa shape index (κ1) is 58.4. The van der Waals surface area contributed by atoms with Crippen LogP contribution in [-0.4, -0.2) is 37.2 Å². The van der Waals surface area contributed by atoms with E-state index in [-0.39, 0.29) is 31.1 Å². The molecule has 0 N–H and O–H groups in total. The third kappa shape index (κ3) is 47.5. The van der Waals surface area contributed by atoms with Crippen LogP contribution in [0.15, 0.2) is 0 Å². The molecule has 0 bridgehead atoms. The monoisotopic (exact) mass is 849 g/mol. The van der Waals surface area contributed by atoms with Crippen molar-refractivity contribution >= 4 is 17.9 Å². The van der Waals surface area contributed by atoms with Gasteiger partial charge in [-0.1, -0.05) is 259 Å². The normalized spacial score (nSPS) is 12.1. The first-order valence-corrected chi connectivity index (χ1v) is 26.7. The zero-order valence-corrected chi connectivity index (χ0v) is 41.1. The number of hydrogen-bond acceptors (Lipinski definition) is 6. The van der Waals surface area contributed by atoms with E-state index < -0.39 is 6.10 Å². The van der Waals surface area contributed by atoms with Gasteiger partial charge >= 0.3 is 17.9 Å². The molecule has 0 aromatic carbocycles. The lowest BCUT2D eigenvalue weighted by Gasteiger charge is -2.18. The minimum atomic E-state index is -0.761. The Labute approximate surface area is 374 Å². The second-order valence-corrected chi connectivity index (χ2v) is 19.5. The molecular weight excluding hydrogens is 745 g/mol. The molecule has 0 fully saturated rings. The number of unbranched alkanes of at least 4 members (excludes halogenated alkanes) is 33. The van der Waals surface area contributed by atoms with Gasteiger partial charge in [-0.3, -0.25) is 14.4 Å². The molecule has 1 atom stereocenters. The van der Waals surface area contributed by atoms with Crippen LogP contribution < -0.4 is 0 Å². The summed E-state index contributed by atoms with van der Waals surface area (Å²) in [5.74, 6) is 0.828. The highest BCUT2D eigenvalue weighted by atomic mass is 16.6. The molecule has 60 heavy (non-hydrogen) atoms. The summed E-state index contributed by atoms with van der Waals surface area (Å²) in [5.41, 5.74) is 0. The minimum Gasteiger partial charge on any atom is -0.462 e. The Morgan fingerprint density at radius 3 is 0.817 bits per heavy atom. The molecule has 0 rings (SSSR count). The van der Waals surface area contributed by atoms with Gasteiger partial charge < -0.3 is 14.2 Å². The smallest absolute Gasteiger partial charge is 0.306 e. The van der Waals surface area contributed by atoms with Gasteiger partial charge in [-0.05, 0) is 31.1 Å². The number of ether oxygens (including phenoxy) is 3. The van der Waals surface area contributed by atoms with Crippen LogP contribution in [0.4, 0.5) is 0 Å². The van der Waals surface area contributed by atoms with Gasteiger partial charge in [-0.25, -0.2) is 0 Å². The van der Waals surface area contributed by atoms with Gasteiger partial charge in [0.15, 0.2) is 6.10 Å². The fourth-order valence-corrected chi connectivity index (χ4v) is 8.17. The summed E-state index contributed by atoms with van der Waals surface area (Å²) >= 11 is 0. The van der Waals surface area contributed by atoms with Crippen molar-refractivity contribution in [3.05, 3.63) is 0 Å². The van der Waals surface area contributed by atoms with Crippen LogP contribution in [0.25, 0.3) is 0 Å². The Balaban J connectivity index is 4.28. The Morgan fingerprint density at radius 2 is 0.550 bits per heavy atom. The third-order valence-corrected chi connectivity index (χ3v) is 12.2. The highest BCUT2D eigenvalue weighted by Crippen LogP contribution is 2.17. The van der Waals surface area contributed by atoms with Gasteiger partial charge in [0.2, 0.25) is 0 Å². The van der Waals surface area contributed by atoms with Crippen LogP contribution in [0.1, 0.15) is 298 Å². The molecule has 0 spiro atoms. The Morgan fingerprint density at radius 1 is 0.317 bits per heavy atom. The zero-order valence-electron chi connectivity index (χ0n) is 41.1. The van der Waals surface area contributed by atoms with E-state index in [2.05, 4.69) is 34.6 Å². The van der Waals surface area contributed by atoms with Crippen molar-refractivity contribution in [1.29, 1.82) is 0 Å². The van der Waals surface area contributed by atoms with E-state index in [4.69, 9.17) is 14.2 Å². The molecule has 0 aliphatic carbocycles. The summed E-state index contributed by atoms with van der Waals surface area (Å²) in [4.78, 5) is 38.0. The summed E-state index contributed by atoms with van der Waals surface area (Å²) in [6.07, 6.45) is 48.0. The van der Waals surface area contributed by atoms with Crippen LogP contribution in [0.5, 0.6) is 0 Å². The maximum absolute atomic E-state index is 12.8. The van der Waals surface area contributed by atoms with Gasteiger partial charge in [0.25, 0.3) is 0 Å². The predicted octanol–water partition coefficient (Wildman–Crippen LogP) is 17.3. The molecule has 0 aliphatic heterocycles. The fourth-order valence-electron chi connectivity index (χ4n) is 8.17. The van der Waals surface area contributed by atoms with Crippen LogP contribution in [-0.2, 0) is 28.6 Å². The quantitative estimate of drug-likeness (QED) is 0.0345. The summed E-state index contributed by atoms with van der Waals surface area (Å²) < 4.78 is 16.8. The van der Waals surface area contributed by atoms with E-state index in [0.29, 0.717) is 19.3 Å². The lowest BCUT2D eigenvalue weighted by Crippen LogP contribution is -2.30. The average molecular weight is 849 g/mol. The molecular formula is C54H104O6. The van der Waals surface area contributed by atoms with Gasteiger partial charge in [-0.2, -0.15) is 0 Å². The lowest BCUT2D eigenvalue weighted by molar-refractivity contribution is -0.167. The summed E-state index contributed by atoms with van der Waals surface area (Å²) in [6, 6.07) is 0. The van der Waals surface area contributed by atoms with E-state index in [0.717, 1.165) is 69.6 Å². The molecule has 0 aromatic rings. The number of hydrogen-bond donors (Lipinski definition) is 0. The molecule has 0 amide bonds. The Hall–Kier alpha value is -1.59. The number of carbonyl (C=O) groups excluding carboxylic acids is 3. The van der Waals surface area contributed by atoms with Crippen LogP contribution in [0.2, 0.25) is 0 Å². The van der Waals surface area contributed by atoms with Gasteiger partial charge in [0, 0.05) is 19.3 Å². The Kier molecular flexibility index (Phi) is 45.7. The van der Waals surface area contributed by atoms with Crippen molar-refractivity contribution in [3.8, 4) is 0 Å². The van der Waals surface area contributed by atoms with Crippen LogP contribution in [0.3, 0.4) is 0 Å². The zero-order chi connectivity index (χ0) is 44.0. The summed E-state index contributed by atoms with van der Waals surface area (Å²) in [5, 5.41) is 0. The topological polar surface area (TPSA) is 78.9 Å². The van der Waals surface area contributed by atoms with Crippen molar-refractivity contribution in [2.75, 3.05) is 13.2 Å². The molecule has 0 radical (unpaired) electrons.